The lowest BCUT2D eigenvalue weighted by Gasteiger charge is -2.10. The van der Waals surface area contributed by atoms with Gasteiger partial charge in [-0.1, -0.05) is 24.3 Å². The van der Waals surface area contributed by atoms with E-state index in [-0.39, 0.29) is 12.2 Å². The smallest absolute Gasteiger partial charge is 0.475 e. The van der Waals surface area contributed by atoms with Crippen molar-refractivity contribution in [3.8, 4) is 21.8 Å². The summed E-state index contributed by atoms with van der Waals surface area (Å²) in [6.07, 6.45) is -3.21. The highest BCUT2D eigenvalue weighted by atomic mass is 32.2. The van der Waals surface area contributed by atoms with Crippen molar-refractivity contribution in [2.75, 3.05) is 16.4 Å². The molecule has 5 N–H and O–H groups in total. The van der Waals surface area contributed by atoms with E-state index in [0.717, 1.165) is 28.6 Å². The van der Waals surface area contributed by atoms with Gasteiger partial charge in [0.2, 0.25) is 16.0 Å². The Morgan fingerprint density at radius 1 is 0.938 bits per heavy atom. The summed E-state index contributed by atoms with van der Waals surface area (Å²) >= 11 is 1.37. The second-order valence-electron chi connectivity index (χ2n) is 9.70. The van der Waals surface area contributed by atoms with Crippen molar-refractivity contribution in [1.82, 2.24) is 15.0 Å². The van der Waals surface area contributed by atoms with Crippen molar-refractivity contribution in [2.24, 2.45) is 5.14 Å². The molecule has 0 aliphatic rings. The summed E-state index contributed by atoms with van der Waals surface area (Å²) in [5, 5.41) is 18.0. The van der Waals surface area contributed by atoms with E-state index in [1.54, 1.807) is 48.1 Å². The summed E-state index contributed by atoms with van der Waals surface area (Å²) in [7, 11) is -3.58. The van der Waals surface area contributed by atoms with Crippen LogP contribution in [0.5, 0.6) is 0 Å². The number of aryl methyl sites for hydroxylation is 1. The zero-order valence-electron chi connectivity index (χ0n) is 24.2. The van der Waals surface area contributed by atoms with Crippen LogP contribution < -0.4 is 15.8 Å². The summed E-state index contributed by atoms with van der Waals surface area (Å²) in [6, 6.07) is 18.5. The number of nitrogens with one attached hydrogen (secondary N) is 2. The van der Waals surface area contributed by atoms with Gasteiger partial charge in [0.15, 0.2) is 0 Å². The molecule has 0 bridgehead atoms. The Morgan fingerprint density at radius 3 is 2.35 bits per heavy atom. The van der Waals surface area contributed by atoms with Crippen LogP contribution in [-0.4, -0.2) is 52.3 Å². The summed E-state index contributed by atoms with van der Waals surface area (Å²) in [6.45, 7) is 0. The third-order valence-electron chi connectivity index (χ3n) is 6.12. The normalized spacial score (nSPS) is 11.3. The number of aromatic nitrogens is 3. The fourth-order valence-electron chi connectivity index (χ4n) is 3.99. The van der Waals surface area contributed by atoms with Crippen molar-refractivity contribution in [1.29, 1.82) is 0 Å². The van der Waals surface area contributed by atoms with Crippen LogP contribution in [0.15, 0.2) is 84.5 Å². The first-order valence-corrected chi connectivity index (χ1v) is 16.0. The fraction of sp³-hybridized carbons (Fsp3) is 0.100. The number of carbonyl (C=O) groups excluding carboxylic acids is 1. The van der Waals surface area contributed by atoms with Gasteiger partial charge in [0.1, 0.15) is 11.6 Å². The van der Waals surface area contributed by atoms with Crippen LogP contribution in [0.1, 0.15) is 15.9 Å². The monoisotopic (exact) mass is 706 g/mol. The number of carboxylic acid groups (broad SMARTS) is 1. The van der Waals surface area contributed by atoms with E-state index in [2.05, 4.69) is 25.6 Å². The first-order chi connectivity index (χ1) is 22.6. The van der Waals surface area contributed by atoms with Gasteiger partial charge in [0.05, 0.1) is 33.1 Å². The number of amides is 1. The predicted octanol–water partition coefficient (Wildman–Crippen LogP) is 6.01. The molecule has 18 heteroatoms. The lowest BCUT2D eigenvalue weighted by molar-refractivity contribution is -0.192. The molecule has 2 heterocycles. The average Bonchev–Trinajstić information content (AvgIpc) is 3.52. The molecular weight excluding hydrogens is 683 g/mol. The predicted molar refractivity (Wildman–Crippen MR) is 168 cm³/mol. The Balaban J connectivity index is 0.000000671. The summed E-state index contributed by atoms with van der Waals surface area (Å²) in [5.74, 6) is -4.92. The van der Waals surface area contributed by atoms with Gasteiger partial charge < -0.3 is 15.7 Å². The van der Waals surface area contributed by atoms with Crippen molar-refractivity contribution >= 4 is 50.6 Å². The van der Waals surface area contributed by atoms with Crippen LogP contribution >= 0.6 is 11.3 Å². The molecule has 0 aliphatic heterocycles. The number of sulfonamides is 1. The maximum absolute atomic E-state index is 14.1. The second-order valence-corrected chi connectivity index (χ2v) is 12.3. The zero-order chi connectivity index (χ0) is 35.1. The molecule has 0 fully saturated rings. The number of rotatable bonds is 9. The third kappa shape index (κ3) is 10.1. The number of hydrogen-bond donors (Lipinski definition) is 4. The molecule has 250 valence electrons. The number of nitrogens with two attached hydrogens (primary N) is 1. The summed E-state index contributed by atoms with van der Waals surface area (Å²) in [4.78, 5) is 35.6. The Morgan fingerprint density at radius 2 is 1.65 bits per heavy atom. The molecule has 0 spiro atoms. The van der Waals surface area contributed by atoms with Gasteiger partial charge in [0, 0.05) is 23.1 Å². The quantitative estimate of drug-likeness (QED) is 0.134. The molecule has 0 radical (unpaired) electrons. The SMILES string of the molecule is NS(=O)(=O)CCc1cccc(Nc2nccc(-c3scnc3-c3cccc(NC(=O)c4cc(F)ccc4F)c3)n2)c1.O=C(O)C(F)(F)F. The molecule has 2 aromatic heterocycles. The molecule has 0 saturated carbocycles. The highest BCUT2D eigenvalue weighted by Crippen LogP contribution is 2.35. The molecule has 5 rings (SSSR count). The van der Waals surface area contributed by atoms with Crippen LogP contribution in [0.4, 0.5) is 39.3 Å². The lowest BCUT2D eigenvalue weighted by atomic mass is 10.1. The minimum absolute atomic E-state index is 0.164. The van der Waals surface area contributed by atoms with Gasteiger partial charge in [-0.25, -0.2) is 42.1 Å². The van der Waals surface area contributed by atoms with Crippen LogP contribution in [0.2, 0.25) is 0 Å². The Bertz CT molecular complexity index is 2060. The van der Waals surface area contributed by atoms with E-state index in [9.17, 15) is 35.2 Å². The largest absolute Gasteiger partial charge is 0.490 e. The maximum atomic E-state index is 14.1. The van der Waals surface area contributed by atoms with E-state index in [1.165, 1.54) is 11.3 Å². The minimum atomic E-state index is -5.08. The number of carboxylic acids is 1. The number of benzene rings is 3. The van der Waals surface area contributed by atoms with Gasteiger partial charge in [0.25, 0.3) is 5.91 Å². The molecule has 0 unspecified atom stereocenters. The Hall–Kier alpha value is -5.33. The summed E-state index contributed by atoms with van der Waals surface area (Å²) < 4.78 is 81.9. The Labute approximate surface area is 273 Å². The van der Waals surface area contributed by atoms with E-state index < -0.39 is 45.3 Å². The number of halogens is 5. The van der Waals surface area contributed by atoms with Crippen LogP contribution in [0.3, 0.4) is 0 Å². The first-order valence-electron chi connectivity index (χ1n) is 13.4. The zero-order valence-corrected chi connectivity index (χ0v) is 25.8. The number of alkyl halides is 3. The molecule has 0 atom stereocenters. The molecule has 0 aliphatic carbocycles. The number of carbonyl (C=O) groups is 2. The lowest BCUT2D eigenvalue weighted by Crippen LogP contribution is -2.21. The first kappa shape index (κ1) is 35.5. The number of aliphatic carboxylic acids is 1. The Kier molecular flexibility index (Phi) is 11.1. The molecule has 11 nitrogen and oxygen atoms in total. The van der Waals surface area contributed by atoms with E-state index in [1.807, 2.05) is 18.2 Å². The molecule has 0 saturated heterocycles. The van der Waals surface area contributed by atoms with Gasteiger partial charge in [-0.3, -0.25) is 4.79 Å². The highest BCUT2D eigenvalue weighted by Gasteiger charge is 2.38. The van der Waals surface area contributed by atoms with Crippen molar-refractivity contribution in [3.63, 3.8) is 0 Å². The van der Waals surface area contributed by atoms with Crippen LogP contribution in [-0.2, 0) is 21.2 Å². The van der Waals surface area contributed by atoms with E-state index in [4.69, 9.17) is 15.0 Å². The summed E-state index contributed by atoms with van der Waals surface area (Å²) in [5.41, 5.74) is 4.99. The molecule has 5 aromatic rings. The van der Waals surface area contributed by atoms with Crippen LogP contribution in [0.25, 0.3) is 21.8 Å². The number of primary sulfonamides is 1. The van der Waals surface area contributed by atoms with E-state index >= 15 is 0 Å². The average molecular weight is 707 g/mol. The number of thiazole rings is 1. The van der Waals surface area contributed by atoms with Crippen molar-refractivity contribution in [2.45, 2.75) is 12.6 Å². The van der Waals surface area contributed by atoms with Gasteiger partial charge in [-0.15, -0.1) is 11.3 Å². The van der Waals surface area contributed by atoms with Gasteiger partial charge in [-0.2, -0.15) is 13.2 Å². The van der Waals surface area contributed by atoms with E-state index in [0.29, 0.717) is 34.3 Å². The minimum Gasteiger partial charge on any atom is -0.475 e. The maximum Gasteiger partial charge on any atom is 0.490 e. The van der Waals surface area contributed by atoms with Gasteiger partial charge >= 0.3 is 12.1 Å². The van der Waals surface area contributed by atoms with Crippen molar-refractivity contribution in [3.05, 3.63) is 107 Å². The molecule has 3 aromatic carbocycles. The fourth-order valence-corrected chi connectivity index (χ4v) is 5.29. The molecule has 1 amide bonds. The molecular formula is C30H23F5N6O5S2. The number of nitrogens with zero attached hydrogens (tertiary/aromatic N) is 3. The van der Waals surface area contributed by atoms with Gasteiger partial charge in [-0.05, 0) is 60.5 Å². The van der Waals surface area contributed by atoms with Crippen molar-refractivity contribution < 1.29 is 45.1 Å². The number of anilines is 3. The van der Waals surface area contributed by atoms with Crippen LogP contribution in [0, 0.1) is 11.6 Å². The highest BCUT2D eigenvalue weighted by molar-refractivity contribution is 7.89. The molecule has 48 heavy (non-hydrogen) atoms. The third-order valence-corrected chi connectivity index (χ3v) is 7.75. The second kappa shape index (κ2) is 15.1. The number of hydrogen-bond acceptors (Lipinski definition) is 9. The topological polar surface area (TPSA) is 177 Å². The standard InChI is InChI=1S/C28H22F2N6O3S2.C2HF3O2/c29-19-7-8-23(30)22(15-19)27(37)34-21-6-2-4-18(14-21)25-26(40-16-33-25)24-9-11-32-28(36-24)35-20-5-1-3-17(13-20)10-12-41(31,38)39;3-2(4,5)1(6)7/h1-9,11,13-16H,10,12H2,(H,34,37)(H2,31,38,39)(H,32,35,36);(H,6,7).